The Kier molecular flexibility index (Phi) is 6.49. The molecule has 1 saturated heterocycles. The van der Waals surface area contributed by atoms with Gasteiger partial charge in [-0.15, -0.1) is 0 Å². The third kappa shape index (κ3) is 4.91. The highest BCUT2D eigenvalue weighted by atomic mass is 16.3. The molecule has 2 unspecified atom stereocenters. The van der Waals surface area contributed by atoms with Gasteiger partial charge in [0.25, 0.3) is 0 Å². The summed E-state index contributed by atoms with van der Waals surface area (Å²) in [5.74, 6) is -0.681. The van der Waals surface area contributed by atoms with Crippen LogP contribution in [0, 0.1) is 35.0 Å². The maximum absolute atomic E-state index is 12.6. The summed E-state index contributed by atoms with van der Waals surface area (Å²) in [6.45, 7) is 4.19. The lowest BCUT2D eigenvalue weighted by molar-refractivity contribution is -0.151. The van der Waals surface area contributed by atoms with E-state index in [4.69, 9.17) is 5.26 Å². The monoisotopic (exact) mass is 396 g/mol. The number of likely N-dealkylation sites (tertiary alicyclic amines) is 1. The van der Waals surface area contributed by atoms with Crippen LogP contribution in [0.4, 0.5) is 0 Å². The van der Waals surface area contributed by atoms with Gasteiger partial charge in [-0.3, -0.25) is 19.3 Å². The number of nitrogens with zero attached hydrogens (tertiary/aromatic N) is 2. The molecule has 2 fully saturated rings. The van der Waals surface area contributed by atoms with Crippen molar-refractivity contribution in [2.45, 2.75) is 58.6 Å². The van der Waals surface area contributed by atoms with E-state index >= 15 is 0 Å². The predicted octanol–water partition coefficient (Wildman–Crippen LogP) is 2.83. The number of Topliss-reactive ketones (excluding diaryl/α,β-unsaturated/α-hetero) is 1. The average molecular weight is 396 g/mol. The molecule has 1 aliphatic carbocycles. The Labute approximate surface area is 171 Å². The van der Waals surface area contributed by atoms with Crippen LogP contribution < -0.4 is 0 Å². The molecule has 1 N–H and O–H groups in total. The maximum Gasteiger partial charge on any atom is 0.229 e. The summed E-state index contributed by atoms with van der Waals surface area (Å²) in [4.78, 5) is 38.9. The lowest BCUT2D eigenvalue weighted by Crippen LogP contribution is -2.44. The smallest absolute Gasteiger partial charge is 0.229 e. The van der Waals surface area contributed by atoms with E-state index in [-0.39, 0.29) is 48.8 Å². The van der Waals surface area contributed by atoms with Crippen LogP contribution in [0.3, 0.4) is 0 Å². The summed E-state index contributed by atoms with van der Waals surface area (Å²) in [7, 11) is 0. The number of rotatable bonds is 5. The van der Waals surface area contributed by atoms with Crippen molar-refractivity contribution in [1.29, 1.82) is 5.26 Å². The molecule has 29 heavy (non-hydrogen) atoms. The van der Waals surface area contributed by atoms with E-state index in [1.807, 2.05) is 13.0 Å². The zero-order valence-corrected chi connectivity index (χ0v) is 17.0. The van der Waals surface area contributed by atoms with Gasteiger partial charge in [0.05, 0.1) is 24.3 Å². The molecule has 3 rings (SSSR count). The number of hydrogen-bond donors (Lipinski definition) is 1. The Morgan fingerprint density at radius 1 is 1.10 bits per heavy atom. The number of carbonyl (C=O) groups excluding carboxylic acids is 3. The standard InChI is InChI=1S/C23H28N2O4/c1-14-7-15(2)23(29)19(8-14)20(26)9-18-10-21(27)25(22(28)11-18)13-17-5-3-16(12-24)4-6-17/h3-6,14-15,18-20,26H,7-11,13H2,1-2H3/t14-,15-,19?,20?/m0/s1. The molecule has 1 aliphatic heterocycles. The highest BCUT2D eigenvalue weighted by Crippen LogP contribution is 2.35. The van der Waals surface area contributed by atoms with Crippen LogP contribution in [0.1, 0.15) is 57.1 Å². The first-order valence-corrected chi connectivity index (χ1v) is 10.3. The summed E-state index contributed by atoms with van der Waals surface area (Å²) < 4.78 is 0. The van der Waals surface area contributed by atoms with Crippen LogP contribution in [0.25, 0.3) is 0 Å². The van der Waals surface area contributed by atoms with Crippen molar-refractivity contribution < 1.29 is 19.5 Å². The molecule has 0 spiro atoms. The summed E-state index contributed by atoms with van der Waals surface area (Å²) in [6, 6.07) is 8.85. The molecule has 1 aromatic carbocycles. The fraction of sp³-hybridized carbons (Fsp3) is 0.565. The molecule has 0 radical (unpaired) electrons. The van der Waals surface area contributed by atoms with Gasteiger partial charge in [0.1, 0.15) is 5.78 Å². The van der Waals surface area contributed by atoms with Gasteiger partial charge in [-0.2, -0.15) is 5.26 Å². The summed E-state index contributed by atoms with van der Waals surface area (Å²) in [5.41, 5.74) is 1.32. The SMILES string of the molecule is C[C@@H]1CC(C(O)CC2CC(=O)N(Cc3ccc(C#N)cc3)C(=O)C2)C(=O)[C@@H](C)C1. The number of benzene rings is 1. The number of ketones is 1. The molecule has 0 bridgehead atoms. The minimum Gasteiger partial charge on any atom is -0.392 e. The van der Waals surface area contributed by atoms with Crippen molar-refractivity contribution in [3.63, 3.8) is 0 Å². The van der Waals surface area contributed by atoms with Crippen LogP contribution in [-0.2, 0) is 20.9 Å². The molecule has 6 nitrogen and oxygen atoms in total. The molecule has 154 valence electrons. The lowest BCUT2D eigenvalue weighted by Gasteiger charge is -2.36. The van der Waals surface area contributed by atoms with E-state index in [9.17, 15) is 19.5 Å². The predicted molar refractivity (Wildman–Crippen MR) is 106 cm³/mol. The van der Waals surface area contributed by atoms with Crippen molar-refractivity contribution in [3.05, 3.63) is 35.4 Å². The van der Waals surface area contributed by atoms with E-state index in [0.29, 0.717) is 24.3 Å². The summed E-state index contributed by atoms with van der Waals surface area (Å²) in [6.07, 6.45) is 1.42. The molecule has 4 atom stereocenters. The number of imide groups is 1. The minimum absolute atomic E-state index is 0.0454. The molecule has 1 saturated carbocycles. The van der Waals surface area contributed by atoms with Crippen LogP contribution >= 0.6 is 0 Å². The molecular formula is C23H28N2O4. The van der Waals surface area contributed by atoms with Gasteiger partial charge < -0.3 is 5.11 Å². The highest BCUT2D eigenvalue weighted by Gasteiger charge is 2.39. The van der Waals surface area contributed by atoms with Crippen LogP contribution in [-0.4, -0.2) is 33.7 Å². The normalized spacial score (nSPS) is 27.0. The molecular weight excluding hydrogens is 368 g/mol. The van der Waals surface area contributed by atoms with Crippen LogP contribution in [0.5, 0.6) is 0 Å². The molecule has 1 heterocycles. The van der Waals surface area contributed by atoms with Crippen LogP contribution in [0.15, 0.2) is 24.3 Å². The maximum atomic E-state index is 12.6. The van der Waals surface area contributed by atoms with E-state index < -0.39 is 12.0 Å². The number of carbonyl (C=O) groups is 3. The van der Waals surface area contributed by atoms with E-state index in [0.717, 1.165) is 12.0 Å². The van der Waals surface area contributed by atoms with Crippen molar-refractivity contribution >= 4 is 17.6 Å². The number of aliphatic hydroxyl groups excluding tert-OH is 1. The zero-order chi connectivity index (χ0) is 21.1. The first-order chi connectivity index (χ1) is 13.8. The van der Waals surface area contributed by atoms with Crippen molar-refractivity contribution in [1.82, 2.24) is 4.90 Å². The quantitative estimate of drug-likeness (QED) is 0.772. The highest BCUT2D eigenvalue weighted by molar-refractivity contribution is 5.97. The molecule has 0 aromatic heterocycles. The molecule has 2 aliphatic rings. The number of piperidine rings is 1. The van der Waals surface area contributed by atoms with Gasteiger partial charge in [0, 0.05) is 24.7 Å². The van der Waals surface area contributed by atoms with Gasteiger partial charge in [0.2, 0.25) is 11.8 Å². The minimum atomic E-state index is -0.802. The third-order valence-corrected chi connectivity index (χ3v) is 6.26. The Morgan fingerprint density at radius 2 is 1.72 bits per heavy atom. The number of aliphatic hydroxyl groups is 1. The first-order valence-electron chi connectivity index (χ1n) is 10.3. The van der Waals surface area contributed by atoms with Gasteiger partial charge in [-0.25, -0.2) is 0 Å². The molecule has 2 amide bonds. The number of hydrogen-bond acceptors (Lipinski definition) is 5. The van der Waals surface area contributed by atoms with Gasteiger partial charge in [0.15, 0.2) is 0 Å². The van der Waals surface area contributed by atoms with Gasteiger partial charge >= 0.3 is 0 Å². The van der Waals surface area contributed by atoms with Gasteiger partial charge in [-0.05, 0) is 48.8 Å². The van der Waals surface area contributed by atoms with Crippen LogP contribution in [0.2, 0.25) is 0 Å². The third-order valence-electron chi connectivity index (χ3n) is 6.26. The number of amides is 2. The zero-order valence-electron chi connectivity index (χ0n) is 17.0. The average Bonchev–Trinajstić information content (AvgIpc) is 2.68. The Hall–Kier alpha value is -2.52. The largest absolute Gasteiger partial charge is 0.392 e. The van der Waals surface area contributed by atoms with Gasteiger partial charge in [-0.1, -0.05) is 26.0 Å². The second kappa shape index (κ2) is 8.87. The first kappa shape index (κ1) is 21.2. The lowest BCUT2D eigenvalue weighted by atomic mass is 9.71. The fourth-order valence-electron chi connectivity index (χ4n) is 4.72. The number of nitriles is 1. The summed E-state index contributed by atoms with van der Waals surface area (Å²) >= 11 is 0. The Morgan fingerprint density at radius 3 is 2.31 bits per heavy atom. The second-order valence-corrected chi connectivity index (χ2v) is 8.75. The van der Waals surface area contributed by atoms with E-state index in [1.54, 1.807) is 24.3 Å². The topological polar surface area (TPSA) is 98.5 Å². The van der Waals surface area contributed by atoms with Crippen molar-refractivity contribution in [2.24, 2.45) is 23.7 Å². The summed E-state index contributed by atoms with van der Waals surface area (Å²) in [5, 5.41) is 19.5. The van der Waals surface area contributed by atoms with E-state index in [2.05, 4.69) is 6.92 Å². The Bertz CT molecular complexity index is 808. The molecule has 6 heteroatoms. The van der Waals surface area contributed by atoms with Crippen molar-refractivity contribution in [3.8, 4) is 6.07 Å². The molecule has 1 aromatic rings. The van der Waals surface area contributed by atoms with E-state index in [1.165, 1.54) is 4.90 Å². The fourth-order valence-corrected chi connectivity index (χ4v) is 4.72. The second-order valence-electron chi connectivity index (χ2n) is 8.75. The van der Waals surface area contributed by atoms with Crippen molar-refractivity contribution in [2.75, 3.05) is 0 Å². The Balaban J connectivity index is 1.59.